The van der Waals surface area contributed by atoms with E-state index in [1.807, 2.05) is 49.4 Å². The van der Waals surface area contributed by atoms with Crippen molar-refractivity contribution >= 4 is 17.3 Å². The van der Waals surface area contributed by atoms with Crippen LogP contribution in [-0.2, 0) is 4.79 Å². The third-order valence-corrected chi connectivity index (χ3v) is 3.36. The number of rotatable bonds is 6. The summed E-state index contributed by atoms with van der Waals surface area (Å²) in [6.07, 6.45) is 0.324. The Kier molecular flexibility index (Phi) is 5.55. The van der Waals surface area contributed by atoms with E-state index in [-0.39, 0.29) is 18.0 Å². The quantitative estimate of drug-likeness (QED) is 0.764. The Balaban J connectivity index is 1.93. The highest BCUT2D eigenvalue weighted by Gasteiger charge is 2.07. The van der Waals surface area contributed by atoms with Gasteiger partial charge in [0.05, 0.1) is 0 Å². The van der Waals surface area contributed by atoms with Crippen molar-refractivity contribution in [2.75, 3.05) is 10.6 Å². The number of carbonyl (C=O) groups is 1. The molecular formula is C18H23N3O. The van der Waals surface area contributed by atoms with Gasteiger partial charge in [0.25, 0.3) is 0 Å². The lowest BCUT2D eigenvalue weighted by Gasteiger charge is -2.16. The first-order valence-corrected chi connectivity index (χ1v) is 7.51. The minimum atomic E-state index is -0.132. The largest absolute Gasteiger partial charge is 0.379 e. The highest BCUT2D eigenvalue weighted by Crippen LogP contribution is 2.20. The fourth-order valence-electron chi connectivity index (χ4n) is 2.23. The summed E-state index contributed by atoms with van der Waals surface area (Å²) in [6.45, 7) is 3.94. The molecule has 0 bridgehead atoms. The molecule has 2 unspecified atom stereocenters. The molecule has 2 rings (SSSR count). The molecule has 0 saturated heterocycles. The molecular weight excluding hydrogens is 274 g/mol. The minimum absolute atomic E-state index is 0.0617. The monoisotopic (exact) mass is 297 g/mol. The van der Waals surface area contributed by atoms with Crippen LogP contribution in [0.4, 0.5) is 11.4 Å². The van der Waals surface area contributed by atoms with Gasteiger partial charge >= 0.3 is 0 Å². The summed E-state index contributed by atoms with van der Waals surface area (Å²) in [5, 5.41) is 6.28. The molecule has 2 atom stereocenters. The van der Waals surface area contributed by atoms with Gasteiger partial charge < -0.3 is 16.4 Å². The predicted molar refractivity (Wildman–Crippen MR) is 91.8 cm³/mol. The van der Waals surface area contributed by atoms with Gasteiger partial charge in [-0.2, -0.15) is 0 Å². The van der Waals surface area contributed by atoms with Gasteiger partial charge in [-0.3, -0.25) is 4.79 Å². The first-order valence-electron chi connectivity index (χ1n) is 7.51. The summed E-state index contributed by atoms with van der Waals surface area (Å²) < 4.78 is 0. The van der Waals surface area contributed by atoms with Gasteiger partial charge in [0.15, 0.2) is 0 Å². The van der Waals surface area contributed by atoms with Crippen molar-refractivity contribution < 1.29 is 4.79 Å². The first-order chi connectivity index (χ1) is 10.5. The summed E-state index contributed by atoms with van der Waals surface area (Å²) in [4.78, 5) is 11.7. The molecule has 0 saturated carbocycles. The smallest absolute Gasteiger partial charge is 0.225 e. The second-order valence-electron chi connectivity index (χ2n) is 5.58. The van der Waals surface area contributed by atoms with Crippen LogP contribution in [0.5, 0.6) is 0 Å². The van der Waals surface area contributed by atoms with Crippen molar-refractivity contribution in [1.29, 1.82) is 0 Å². The topological polar surface area (TPSA) is 67.2 Å². The predicted octanol–water partition coefficient (Wildman–Crippen LogP) is 3.54. The molecule has 0 aliphatic rings. The maximum Gasteiger partial charge on any atom is 0.225 e. The maximum absolute atomic E-state index is 11.7. The van der Waals surface area contributed by atoms with Crippen molar-refractivity contribution in [3.63, 3.8) is 0 Å². The molecule has 4 nitrogen and oxygen atoms in total. The number of anilines is 2. The number of carbonyl (C=O) groups excluding carboxylic acids is 1. The van der Waals surface area contributed by atoms with Gasteiger partial charge in [-0.1, -0.05) is 30.3 Å². The second kappa shape index (κ2) is 7.61. The zero-order valence-electron chi connectivity index (χ0n) is 13.0. The molecule has 0 heterocycles. The SMILES string of the molecule is CC(N)CC(=O)Nc1ccc(NC(C)c2ccccc2)cc1. The van der Waals surface area contributed by atoms with Crippen molar-refractivity contribution in [3.05, 3.63) is 60.2 Å². The zero-order valence-corrected chi connectivity index (χ0v) is 13.0. The highest BCUT2D eigenvalue weighted by molar-refractivity contribution is 5.91. The summed E-state index contributed by atoms with van der Waals surface area (Å²) in [6, 6.07) is 18.1. The Labute approximate surface area is 131 Å². The van der Waals surface area contributed by atoms with E-state index in [1.54, 1.807) is 0 Å². The van der Waals surface area contributed by atoms with Crippen LogP contribution in [0.1, 0.15) is 31.9 Å². The Hall–Kier alpha value is -2.33. The van der Waals surface area contributed by atoms with Gasteiger partial charge in [0, 0.05) is 29.9 Å². The van der Waals surface area contributed by atoms with Crippen molar-refractivity contribution in [3.8, 4) is 0 Å². The first kappa shape index (κ1) is 16.0. The third-order valence-electron chi connectivity index (χ3n) is 3.36. The van der Waals surface area contributed by atoms with Gasteiger partial charge in [-0.15, -0.1) is 0 Å². The number of nitrogens with one attached hydrogen (secondary N) is 2. The van der Waals surface area contributed by atoms with Crippen molar-refractivity contribution in [2.45, 2.75) is 32.4 Å². The van der Waals surface area contributed by atoms with E-state index < -0.39 is 0 Å². The van der Waals surface area contributed by atoms with E-state index in [9.17, 15) is 4.79 Å². The van der Waals surface area contributed by atoms with Crippen LogP contribution in [0.3, 0.4) is 0 Å². The van der Waals surface area contributed by atoms with Crippen LogP contribution in [0.25, 0.3) is 0 Å². The van der Waals surface area contributed by atoms with Gasteiger partial charge in [-0.25, -0.2) is 0 Å². The Bertz CT molecular complexity index is 593. The summed E-state index contributed by atoms with van der Waals surface area (Å²) in [7, 11) is 0. The lowest BCUT2D eigenvalue weighted by Crippen LogP contribution is -2.23. The Morgan fingerprint density at radius 1 is 1.00 bits per heavy atom. The van der Waals surface area contributed by atoms with Crippen LogP contribution in [-0.4, -0.2) is 11.9 Å². The van der Waals surface area contributed by atoms with E-state index in [0.29, 0.717) is 6.42 Å². The molecule has 0 fully saturated rings. The molecule has 116 valence electrons. The molecule has 0 aliphatic carbocycles. The fraction of sp³-hybridized carbons (Fsp3) is 0.278. The molecule has 0 radical (unpaired) electrons. The van der Waals surface area contributed by atoms with E-state index in [4.69, 9.17) is 5.73 Å². The van der Waals surface area contributed by atoms with Crippen LogP contribution in [0.15, 0.2) is 54.6 Å². The highest BCUT2D eigenvalue weighted by atomic mass is 16.1. The molecule has 2 aromatic rings. The normalized spacial score (nSPS) is 13.2. The molecule has 0 spiro atoms. The molecule has 4 heteroatoms. The molecule has 2 aromatic carbocycles. The maximum atomic E-state index is 11.7. The Morgan fingerprint density at radius 2 is 1.59 bits per heavy atom. The number of amides is 1. The van der Waals surface area contributed by atoms with E-state index in [1.165, 1.54) is 5.56 Å². The van der Waals surface area contributed by atoms with Crippen LogP contribution in [0.2, 0.25) is 0 Å². The van der Waals surface area contributed by atoms with Crippen LogP contribution >= 0.6 is 0 Å². The van der Waals surface area contributed by atoms with E-state index in [0.717, 1.165) is 11.4 Å². The standard InChI is InChI=1S/C18H23N3O/c1-13(19)12-18(22)21-17-10-8-16(9-11-17)20-14(2)15-6-4-3-5-7-15/h3-11,13-14,20H,12,19H2,1-2H3,(H,21,22). The molecule has 22 heavy (non-hydrogen) atoms. The number of nitrogens with two attached hydrogens (primary N) is 1. The van der Waals surface area contributed by atoms with E-state index >= 15 is 0 Å². The summed E-state index contributed by atoms with van der Waals surface area (Å²) in [5.74, 6) is -0.0617. The molecule has 1 amide bonds. The van der Waals surface area contributed by atoms with Gasteiger partial charge in [0.1, 0.15) is 0 Å². The number of hydrogen-bond donors (Lipinski definition) is 3. The average Bonchev–Trinajstić information content (AvgIpc) is 2.49. The second-order valence-corrected chi connectivity index (χ2v) is 5.58. The molecule has 0 aromatic heterocycles. The number of hydrogen-bond acceptors (Lipinski definition) is 3. The van der Waals surface area contributed by atoms with Crippen LogP contribution in [0, 0.1) is 0 Å². The number of benzene rings is 2. The Morgan fingerprint density at radius 3 is 2.18 bits per heavy atom. The van der Waals surface area contributed by atoms with Gasteiger partial charge in [-0.05, 0) is 43.7 Å². The minimum Gasteiger partial charge on any atom is -0.379 e. The summed E-state index contributed by atoms with van der Waals surface area (Å²) >= 11 is 0. The fourth-order valence-corrected chi connectivity index (χ4v) is 2.23. The molecule has 0 aliphatic heterocycles. The van der Waals surface area contributed by atoms with Gasteiger partial charge in [0.2, 0.25) is 5.91 Å². The van der Waals surface area contributed by atoms with Crippen molar-refractivity contribution in [2.24, 2.45) is 5.73 Å². The lowest BCUT2D eigenvalue weighted by molar-refractivity contribution is -0.116. The lowest BCUT2D eigenvalue weighted by atomic mass is 10.1. The summed E-state index contributed by atoms with van der Waals surface area (Å²) in [5.41, 5.74) is 8.64. The van der Waals surface area contributed by atoms with Crippen molar-refractivity contribution in [1.82, 2.24) is 0 Å². The third kappa shape index (κ3) is 4.90. The molecule has 4 N–H and O–H groups in total. The van der Waals surface area contributed by atoms with Crippen LogP contribution < -0.4 is 16.4 Å². The zero-order chi connectivity index (χ0) is 15.9. The van der Waals surface area contributed by atoms with E-state index in [2.05, 4.69) is 29.7 Å². The average molecular weight is 297 g/mol.